The summed E-state index contributed by atoms with van der Waals surface area (Å²) in [6, 6.07) is 12.9. The third kappa shape index (κ3) is 6.13. The lowest BCUT2D eigenvalue weighted by Gasteiger charge is -2.08. The first-order chi connectivity index (χ1) is 14.0. The second-order valence-corrected chi connectivity index (χ2v) is 6.22. The number of hydrogen-bond donors (Lipinski definition) is 2. The predicted molar refractivity (Wildman–Crippen MR) is 101 cm³/mol. The molecular formula is C20H19FN4O4. The van der Waals surface area contributed by atoms with Gasteiger partial charge >= 0.3 is 0 Å². The summed E-state index contributed by atoms with van der Waals surface area (Å²) in [7, 11) is 0. The number of amides is 2. The minimum atomic E-state index is -0.554. The molecule has 1 heterocycles. The van der Waals surface area contributed by atoms with Crippen LogP contribution in [-0.4, -0.2) is 28.6 Å². The average molecular weight is 398 g/mol. The van der Waals surface area contributed by atoms with Crippen molar-refractivity contribution in [3.8, 4) is 17.1 Å². The van der Waals surface area contributed by atoms with E-state index >= 15 is 0 Å². The van der Waals surface area contributed by atoms with E-state index in [-0.39, 0.29) is 19.4 Å². The first-order valence-electron chi connectivity index (χ1n) is 8.85. The van der Waals surface area contributed by atoms with Crippen LogP contribution in [0.3, 0.4) is 0 Å². The lowest BCUT2D eigenvalue weighted by Crippen LogP contribution is -2.43. The Balaban J connectivity index is 1.38. The molecule has 0 aliphatic carbocycles. The lowest BCUT2D eigenvalue weighted by molar-refractivity contribution is -0.130. The van der Waals surface area contributed by atoms with Gasteiger partial charge in [-0.1, -0.05) is 35.0 Å². The molecule has 0 saturated carbocycles. The van der Waals surface area contributed by atoms with Crippen molar-refractivity contribution in [2.75, 3.05) is 6.61 Å². The van der Waals surface area contributed by atoms with Gasteiger partial charge < -0.3 is 9.26 Å². The van der Waals surface area contributed by atoms with Gasteiger partial charge in [-0.15, -0.1) is 0 Å². The van der Waals surface area contributed by atoms with Crippen molar-refractivity contribution < 1.29 is 23.2 Å². The van der Waals surface area contributed by atoms with E-state index in [2.05, 4.69) is 21.0 Å². The minimum Gasteiger partial charge on any atom is -0.484 e. The quantitative estimate of drug-likeness (QED) is 0.592. The number of nitrogens with one attached hydrogen (secondary N) is 2. The van der Waals surface area contributed by atoms with Gasteiger partial charge in [0.05, 0.1) is 0 Å². The molecule has 9 heteroatoms. The molecule has 29 heavy (non-hydrogen) atoms. The summed E-state index contributed by atoms with van der Waals surface area (Å²) in [4.78, 5) is 27.8. The Morgan fingerprint density at radius 3 is 2.45 bits per heavy atom. The van der Waals surface area contributed by atoms with E-state index in [1.165, 1.54) is 24.3 Å². The van der Waals surface area contributed by atoms with Gasteiger partial charge in [-0.05, 0) is 31.2 Å². The number of nitrogens with zero attached hydrogens (tertiary/aromatic N) is 2. The molecule has 2 aromatic carbocycles. The highest BCUT2D eigenvalue weighted by Crippen LogP contribution is 2.16. The molecular weight excluding hydrogens is 379 g/mol. The summed E-state index contributed by atoms with van der Waals surface area (Å²) < 4.78 is 23.1. The molecule has 0 fully saturated rings. The summed E-state index contributed by atoms with van der Waals surface area (Å²) in [5, 5.41) is 3.90. The van der Waals surface area contributed by atoms with Gasteiger partial charge in [-0.2, -0.15) is 4.98 Å². The van der Waals surface area contributed by atoms with Gasteiger partial charge in [-0.3, -0.25) is 20.4 Å². The van der Waals surface area contributed by atoms with Crippen LogP contribution in [-0.2, 0) is 16.0 Å². The number of ether oxygens (including phenoxy) is 1. The molecule has 8 nitrogen and oxygen atoms in total. The predicted octanol–water partition coefficient (Wildman–Crippen LogP) is 2.34. The Hall–Kier alpha value is -3.75. The van der Waals surface area contributed by atoms with Crippen LogP contribution < -0.4 is 15.6 Å². The Labute approximate surface area is 166 Å². The van der Waals surface area contributed by atoms with E-state index in [4.69, 9.17) is 9.26 Å². The van der Waals surface area contributed by atoms with E-state index in [1.807, 2.05) is 31.2 Å². The highest BCUT2D eigenvalue weighted by molar-refractivity contribution is 5.82. The fourth-order valence-electron chi connectivity index (χ4n) is 2.31. The second kappa shape index (κ2) is 9.45. The third-order valence-electron chi connectivity index (χ3n) is 3.87. The number of rotatable bonds is 7. The molecule has 0 saturated heterocycles. The van der Waals surface area contributed by atoms with Gasteiger partial charge in [0, 0.05) is 18.4 Å². The zero-order chi connectivity index (χ0) is 20.6. The number of hydrogen-bond acceptors (Lipinski definition) is 6. The van der Waals surface area contributed by atoms with Crippen LogP contribution in [0.25, 0.3) is 11.4 Å². The molecule has 0 aliphatic rings. The molecule has 0 aliphatic heterocycles. The molecule has 1 aromatic heterocycles. The monoisotopic (exact) mass is 398 g/mol. The van der Waals surface area contributed by atoms with E-state index in [0.717, 1.165) is 11.1 Å². The third-order valence-corrected chi connectivity index (χ3v) is 3.87. The van der Waals surface area contributed by atoms with Gasteiger partial charge in [-0.25, -0.2) is 4.39 Å². The summed E-state index contributed by atoms with van der Waals surface area (Å²) in [6.45, 7) is 1.66. The van der Waals surface area contributed by atoms with E-state index in [0.29, 0.717) is 17.5 Å². The standard InChI is InChI=1S/C20H19FN4O4/c1-13-2-4-14(5-3-13)20-22-19(29-25-20)11-10-17(26)23-24-18(27)12-28-16-8-6-15(21)7-9-16/h2-9H,10-12H2,1H3,(H,23,26)(H,24,27). The molecule has 2 amide bonds. The van der Waals surface area contributed by atoms with Crippen molar-refractivity contribution in [3.63, 3.8) is 0 Å². The fourth-order valence-corrected chi connectivity index (χ4v) is 2.31. The van der Waals surface area contributed by atoms with Crippen molar-refractivity contribution in [2.24, 2.45) is 0 Å². The first kappa shape index (κ1) is 20.0. The Morgan fingerprint density at radius 2 is 1.72 bits per heavy atom. The summed E-state index contributed by atoms with van der Waals surface area (Å²) >= 11 is 0. The molecule has 0 unspecified atom stereocenters. The number of aromatic nitrogens is 2. The second-order valence-electron chi connectivity index (χ2n) is 6.22. The fraction of sp³-hybridized carbons (Fsp3) is 0.200. The molecule has 3 aromatic rings. The minimum absolute atomic E-state index is 0.0502. The van der Waals surface area contributed by atoms with Gasteiger partial charge in [0.25, 0.3) is 5.91 Å². The number of carbonyl (C=O) groups is 2. The van der Waals surface area contributed by atoms with E-state index in [9.17, 15) is 14.0 Å². The Kier molecular flexibility index (Phi) is 6.51. The van der Waals surface area contributed by atoms with Gasteiger partial charge in [0.2, 0.25) is 17.6 Å². The first-order valence-corrected chi connectivity index (χ1v) is 8.85. The maximum atomic E-state index is 12.8. The van der Waals surface area contributed by atoms with Crippen LogP contribution in [0.1, 0.15) is 17.9 Å². The molecule has 2 N–H and O–H groups in total. The molecule has 0 radical (unpaired) electrons. The average Bonchev–Trinajstić information content (AvgIpc) is 3.20. The molecule has 150 valence electrons. The molecule has 3 rings (SSSR count). The summed E-state index contributed by atoms with van der Waals surface area (Å²) in [6.07, 6.45) is 0.279. The zero-order valence-corrected chi connectivity index (χ0v) is 15.6. The number of benzene rings is 2. The van der Waals surface area contributed by atoms with Crippen LogP contribution in [0.5, 0.6) is 5.75 Å². The largest absolute Gasteiger partial charge is 0.484 e. The summed E-state index contributed by atoms with van der Waals surface area (Å²) in [5.41, 5.74) is 6.45. The lowest BCUT2D eigenvalue weighted by atomic mass is 10.1. The normalized spacial score (nSPS) is 10.4. The van der Waals surface area contributed by atoms with E-state index < -0.39 is 17.6 Å². The molecule has 0 atom stereocenters. The van der Waals surface area contributed by atoms with Crippen molar-refractivity contribution in [3.05, 3.63) is 65.8 Å². The van der Waals surface area contributed by atoms with Gasteiger partial charge in [0.1, 0.15) is 11.6 Å². The Bertz CT molecular complexity index is 971. The van der Waals surface area contributed by atoms with Crippen molar-refractivity contribution >= 4 is 11.8 Å². The Morgan fingerprint density at radius 1 is 1.03 bits per heavy atom. The van der Waals surface area contributed by atoms with Crippen LogP contribution in [0.2, 0.25) is 0 Å². The van der Waals surface area contributed by atoms with E-state index in [1.54, 1.807) is 0 Å². The smallest absolute Gasteiger partial charge is 0.276 e. The van der Waals surface area contributed by atoms with Crippen LogP contribution in [0, 0.1) is 12.7 Å². The maximum absolute atomic E-state index is 12.8. The van der Waals surface area contributed by atoms with Crippen molar-refractivity contribution in [2.45, 2.75) is 19.8 Å². The SMILES string of the molecule is Cc1ccc(-c2noc(CCC(=O)NNC(=O)COc3ccc(F)cc3)n2)cc1. The number of carbonyl (C=O) groups excluding carboxylic acids is 2. The van der Waals surface area contributed by atoms with Crippen molar-refractivity contribution in [1.29, 1.82) is 0 Å². The van der Waals surface area contributed by atoms with Crippen LogP contribution in [0.15, 0.2) is 53.1 Å². The summed E-state index contributed by atoms with van der Waals surface area (Å²) in [5.74, 6) is -0.263. The van der Waals surface area contributed by atoms with Crippen molar-refractivity contribution in [1.82, 2.24) is 21.0 Å². The highest BCUT2D eigenvalue weighted by atomic mass is 19.1. The number of aryl methyl sites for hydroxylation is 2. The number of hydrazine groups is 1. The molecule has 0 bridgehead atoms. The van der Waals surface area contributed by atoms with Crippen LogP contribution in [0.4, 0.5) is 4.39 Å². The maximum Gasteiger partial charge on any atom is 0.276 e. The zero-order valence-electron chi connectivity index (χ0n) is 15.6. The topological polar surface area (TPSA) is 106 Å². The van der Waals surface area contributed by atoms with Gasteiger partial charge in [0.15, 0.2) is 6.61 Å². The van der Waals surface area contributed by atoms with Crippen LogP contribution >= 0.6 is 0 Å². The highest BCUT2D eigenvalue weighted by Gasteiger charge is 2.11. The number of halogens is 1. The molecule has 0 spiro atoms.